The van der Waals surface area contributed by atoms with Gasteiger partial charge in [0, 0.05) is 29.1 Å². The van der Waals surface area contributed by atoms with Crippen LogP contribution in [0, 0.1) is 22.7 Å². The van der Waals surface area contributed by atoms with Crippen molar-refractivity contribution >= 4 is 39.6 Å². The van der Waals surface area contributed by atoms with Gasteiger partial charge < -0.3 is 4.42 Å². The molecule has 30 heavy (non-hydrogen) atoms. The fourth-order valence-electron chi connectivity index (χ4n) is 3.20. The zero-order valence-corrected chi connectivity index (χ0v) is 16.9. The molecule has 3 heterocycles. The van der Waals surface area contributed by atoms with Crippen LogP contribution in [0.1, 0.15) is 25.3 Å². The number of thiophene rings is 1. The smallest absolute Gasteiger partial charge is 0.271 e. The van der Waals surface area contributed by atoms with Crippen molar-refractivity contribution in [2.75, 3.05) is 6.54 Å². The number of imide groups is 1. The van der Waals surface area contributed by atoms with E-state index in [9.17, 15) is 14.9 Å². The highest BCUT2D eigenvalue weighted by molar-refractivity contribution is 7.21. The van der Waals surface area contributed by atoms with Gasteiger partial charge in [-0.15, -0.1) is 11.3 Å². The number of aromatic nitrogens is 1. The van der Waals surface area contributed by atoms with E-state index in [0.29, 0.717) is 21.5 Å². The number of amides is 2. The summed E-state index contributed by atoms with van der Waals surface area (Å²) in [5, 5.41) is 18.2. The molecule has 1 aliphatic rings. The number of hydrogen-bond acceptors (Lipinski definition) is 7. The lowest BCUT2D eigenvalue weighted by Crippen LogP contribution is -2.42. The van der Waals surface area contributed by atoms with Gasteiger partial charge in [0.2, 0.25) is 5.89 Å². The van der Waals surface area contributed by atoms with Crippen LogP contribution in [0.15, 0.2) is 51.5 Å². The van der Waals surface area contributed by atoms with Gasteiger partial charge in [-0.3, -0.25) is 14.5 Å². The van der Waals surface area contributed by atoms with Crippen LogP contribution in [0.2, 0.25) is 0 Å². The molecule has 0 spiro atoms. The maximum atomic E-state index is 12.7. The largest absolute Gasteiger partial charge is 0.436 e. The van der Waals surface area contributed by atoms with Crippen LogP contribution >= 0.6 is 11.3 Å². The number of rotatable bonds is 3. The van der Waals surface area contributed by atoms with Crippen LogP contribution in [0.3, 0.4) is 0 Å². The van der Waals surface area contributed by atoms with Crippen molar-refractivity contribution in [3.05, 3.63) is 58.5 Å². The maximum Gasteiger partial charge on any atom is 0.271 e. The van der Waals surface area contributed by atoms with Gasteiger partial charge in [0.25, 0.3) is 11.8 Å². The van der Waals surface area contributed by atoms with E-state index < -0.39 is 11.8 Å². The minimum Gasteiger partial charge on any atom is -0.436 e. The van der Waals surface area contributed by atoms with Crippen molar-refractivity contribution in [1.82, 2.24) is 9.88 Å². The van der Waals surface area contributed by atoms with E-state index >= 15 is 0 Å². The zero-order chi connectivity index (χ0) is 21.4. The van der Waals surface area contributed by atoms with Crippen molar-refractivity contribution < 1.29 is 14.0 Å². The first kappa shape index (κ1) is 19.3. The van der Waals surface area contributed by atoms with Gasteiger partial charge >= 0.3 is 0 Å². The highest BCUT2D eigenvalue weighted by Crippen LogP contribution is 2.35. The average molecular weight is 414 g/mol. The molecule has 4 rings (SSSR count). The number of oxazole rings is 1. The normalized spacial score (nSPS) is 15.7. The maximum absolute atomic E-state index is 12.7. The SMILES string of the molecule is CCN1C(=O)C(C#N)=C(C)/C(=C/c2nc3sc(-c4ccc(C#N)cc4)cc3o2)C1=O. The molecule has 1 aliphatic heterocycles. The lowest BCUT2D eigenvalue weighted by atomic mass is 9.95. The molecular weight excluding hydrogens is 400 g/mol. The summed E-state index contributed by atoms with van der Waals surface area (Å²) in [7, 11) is 0. The van der Waals surface area contributed by atoms with Crippen molar-refractivity contribution in [2.24, 2.45) is 0 Å². The molecule has 146 valence electrons. The third kappa shape index (κ3) is 3.10. The van der Waals surface area contributed by atoms with Gasteiger partial charge in [-0.25, -0.2) is 0 Å². The Bertz CT molecular complexity index is 1310. The zero-order valence-electron chi connectivity index (χ0n) is 16.1. The molecule has 3 aromatic rings. The molecule has 7 nitrogen and oxygen atoms in total. The summed E-state index contributed by atoms with van der Waals surface area (Å²) < 4.78 is 5.79. The number of carbonyl (C=O) groups excluding carboxylic acids is 2. The van der Waals surface area contributed by atoms with E-state index in [-0.39, 0.29) is 23.6 Å². The molecule has 0 fully saturated rings. The molecule has 0 atom stereocenters. The van der Waals surface area contributed by atoms with Gasteiger partial charge in [0.1, 0.15) is 11.6 Å². The molecule has 0 saturated carbocycles. The third-order valence-corrected chi connectivity index (χ3v) is 5.87. The Kier molecular flexibility index (Phi) is 4.78. The summed E-state index contributed by atoms with van der Waals surface area (Å²) in [6.45, 7) is 3.42. The van der Waals surface area contributed by atoms with E-state index in [1.54, 1.807) is 26.0 Å². The highest BCUT2D eigenvalue weighted by atomic mass is 32.1. The first-order chi connectivity index (χ1) is 14.5. The van der Waals surface area contributed by atoms with Crippen LogP contribution in [0.25, 0.3) is 26.9 Å². The number of nitriles is 2. The Balaban J connectivity index is 1.72. The number of hydrogen-bond donors (Lipinski definition) is 0. The minimum atomic E-state index is -0.583. The molecule has 0 bridgehead atoms. The molecule has 0 unspecified atom stereocenters. The monoisotopic (exact) mass is 414 g/mol. The van der Waals surface area contributed by atoms with Crippen molar-refractivity contribution in [3.8, 4) is 22.6 Å². The molecule has 1 aromatic carbocycles. The summed E-state index contributed by atoms with van der Waals surface area (Å²) in [6, 6.07) is 13.0. The van der Waals surface area contributed by atoms with Gasteiger partial charge in [-0.1, -0.05) is 12.1 Å². The van der Waals surface area contributed by atoms with Crippen molar-refractivity contribution in [1.29, 1.82) is 10.5 Å². The van der Waals surface area contributed by atoms with E-state index in [4.69, 9.17) is 9.68 Å². The van der Waals surface area contributed by atoms with Crippen LogP contribution in [0.4, 0.5) is 0 Å². The van der Waals surface area contributed by atoms with Gasteiger partial charge in [-0.05, 0) is 37.1 Å². The van der Waals surface area contributed by atoms with Crippen LogP contribution in [0.5, 0.6) is 0 Å². The molecular formula is C22H14N4O3S. The van der Waals surface area contributed by atoms with E-state index in [1.165, 1.54) is 17.4 Å². The Hall–Kier alpha value is -4.01. The predicted octanol–water partition coefficient (Wildman–Crippen LogP) is 4.04. The van der Waals surface area contributed by atoms with Crippen molar-refractivity contribution in [2.45, 2.75) is 13.8 Å². The van der Waals surface area contributed by atoms with E-state index in [0.717, 1.165) is 15.3 Å². The Morgan fingerprint density at radius 3 is 2.50 bits per heavy atom. The predicted molar refractivity (Wildman–Crippen MR) is 111 cm³/mol. The lowest BCUT2D eigenvalue weighted by Gasteiger charge is -2.25. The van der Waals surface area contributed by atoms with Crippen LogP contribution in [-0.2, 0) is 9.59 Å². The van der Waals surface area contributed by atoms with Gasteiger partial charge in [-0.2, -0.15) is 15.5 Å². The summed E-state index contributed by atoms with van der Waals surface area (Å²) in [5.74, 6) is -0.827. The summed E-state index contributed by atoms with van der Waals surface area (Å²) >= 11 is 1.43. The van der Waals surface area contributed by atoms with E-state index in [1.807, 2.05) is 24.3 Å². The fourth-order valence-corrected chi connectivity index (χ4v) is 4.17. The second-order valence-corrected chi connectivity index (χ2v) is 7.58. The quantitative estimate of drug-likeness (QED) is 0.472. The Morgan fingerprint density at radius 1 is 1.17 bits per heavy atom. The summed E-state index contributed by atoms with van der Waals surface area (Å²) in [4.78, 5) is 32.0. The molecule has 2 aromatic heterocycles. The second-order valence-electron chi connectivity index (χ2n) is 6.55. The first-order valence-corrected chi connectivity index (χ1v) is 9.88. The van der Waals surface area contributed by atoms with Crippen LogP contribution in [-0.4, -0.2) is 28.2 Å². The minimum absolute atomic E-state index is 0.0563. The number of carbonyl (C=O) groups is 2. The average Bonchev–Trinajstić information content (AvgIpc) is 3.31. The third-order valence-electron chi connectivity index (χ3n) is 4.81. The molecule has 8 heteroatoms. The summed E-state index contributed by atoms with van der Waals surface area (Å²) in [6.07, 6.45) is 1.47. The molecule has 0 N–H and O–H groups in total. The topological polar surface area (TPSA) is 111 Å². The van der Waals surface area contributed by atoms with Gasteiger partial charge in [0.05, 0.1) is 11.6 Å². The standard InChI is InChI=1S/C22H14N4O3S/c1-3-26-21(27)15(12(2)16(11-24)22(26)28)8-19-25-20-17(29-19)9-18(30-20)14-6-4-13(10-23)5-7-14/h4-9H,3H2,1-2H3/b15-8-. The summed E-state index contributed by atoms with van der Waals surface area (Å²) in [5.41, 5.74) is 2.58. The Morgan fingerprint density at radius 2 is 1.90 bits per heavy atom. The number of likely N-dealkylation sites (N-methyl/N-ethyl adjacent to an activating group) is 1. The number of benzene rings is 1. The Labute approximate surface area is 175 Å². The lowest BCUT2D eigenvalue weighted by molar-refractivity contribution is -0.140. The number of nitrogens with zero attached hydrogens (tertiary/aromatic N) is 4. The number of fused-ring (bicyclic) bond motifs is 1. The molecule has 0 saturated heterocycles. The highest BCUT2D eigenvalue weighted by Gasteiger charge is 2.34. The molecule has 2 amide bonds. The van der Waals surface area contributed by atoms with Gasteiger partial charge in [0.15, 0.2) is 10.4 Å². The first-order valence-electron chi connectivity index (χ1n) is 9.07. The van der Waals surface area contributed by atoms with Crippen molar-refractivity contribution in [3.63, 3.8) is 0 Å². The fraction of sp³-hybridized carbons (Fsp3) is 0.136. The molecule has 0 aliphatic carbocycles. The van der Waals surface area contributed by atoms with E-state index in [2.05, 4.69) is 11.1 Å². The van der Waals surface area contributed by atoms with Crippen LogP contribution < -0.4 is 0 Å². The molecule has 0 radical (unpaired) electrons. The second kappa shape index (κ2) is 7.43.